The Morgan fingerprint density at radius 3 is 2.43 bits per heavy atom. The molecule has 0 bridgehead atoms. The highest BCUT2D eigenvalue weighted by Crippen LogP contribution is 2.46. The largest absolute Gasteiger partial charge is 0.198 e. The van der Waals surface area contributed by atoms with Crippen LogP contribution in [0.25, 0.3) is 0 Å². The second kappa shape index (κ2) is 3.93. The third-order valence-corrected chi connectivity index (χ3v) is 3.45. The lowest BCUT2D eigenvalue weighted by atomic mass is 9.77. The summed E-state index contributed by atoms with van der Waals surface area (Å²) in [6.07, 6.45) is 5.77. The van der Waals surface area contributed by atoms with Crippen LogP contribution in [0, 0.1) is 28.1 Å². The van der Waals surface area contributed by atoms with E-state index in [-0.39, 0.29) is 5.41 Å². The molecule has 0 heterocycles. The average Bonchev–Trinajstić information content (AvgIpc) is 2.44. The summed E-state index contributed by atoms with van der Waals surface area (Å²) in [5.41, 5.74) is 0.391. The Bertz CT molecular complexity index is 231. The summed E-state index contributed by atoms with van der Waals surface area (Å²) < 4.78 is 0. The molecule has 0 aromatic heterocycles. The van der Waals surface area contributed by atoms with Crippen LogP contribution in [-0.2, 0) is 0 Å². The molecule has 0 aromatic carbocycles. The molecule has 1 aliphatic rings. The monoisotopic (exact) mass is 193 g/mol. The molecule has 0 aromatic rings. The van der Waals surface area contributed by atoms with E-state index in [0.717, 1.165) is 25.2 Å². The van der Waals surface area contributed by atoms with Gasteiger partial charge in [0.2, 0.25) is 0 Å². The molecule has 0 radical (unpaired) electrons. The van der Waals surface area contributed by atoms with Crippen LogP contribution in [0.4, 0.5) is 0 Å². The molecular formula is C13H23N. The first-order valence-corrected chi connectivity index (χ1v) is 5.78. The fraction of sp³-hybridized carbons (Fsp3) is 0.923. The van der Waals surface area contributed by atoms with Crippen molar-refractivity contribution < 1.29 is 0 Å². The van der Waals surface area contributed by atoms with Gasteiger partial charge in [-0.05, 0) is 43.4 Å². The first kappa shape index (κ1) is 11.6. The van der Waals surface area contributed by atoms with Gasteiger partial charge < -0.3 is 0 Å². The molecule has 1 fully saturated rings. The van der Waals surface area contributed by atoms with Gasteiger partial charge >= 0.3 is 0 Å². The van der Waals surface area contributed by atoms with Gasteiger partial charge in [-0.15, -0.1) is 0 Å². The van der Waals surface area contributed by atoms with Crippen molar-refractivity contribution in [2.45, 2.75) is 59.8 Å². The first-order valence-electron chi connectivity index (χ1n) is 5.78. The van der Waals surface area contributed by atoms with Crippen molar-refractivity contribution in [3.63, 3.8) is 0 Å². The van der Waals surface area contributed by atoms with Crippen molar-refractivity contribution in [1.29, 1.82) is 5.26 Å². The van der Waals surface area contributed by atoms with E-state index in [9.17, 15) is 5.26 Å². The zero-order chi connectivity index (χ0) is 10.8. The molecule has 1 rings (SSSR count). The van der Waals surface area contributed by atoms with Crippen LogP contribution in [0.5, 0.6) is 0 Å². The van der Waals surface area contributed by atoms with Crippen LogP contribution in [0.3, 0.4) is 0 Å². The summed E-state index contributed by atoms with van der Waals surface area (Å²) in [6, 6.07) is 2.58. The van der Waals surface area contributed by atoms with Gasteiger partial charge in [-0.3, -0.25) is 0 Å². The molecule has 1 nitrogen and oxygen atoms in total. The van der Waals surface area contributed by atoms with Crippen LogP contribution in [-0.4, -0.2) is 0 Å². The Hall–Kier alpha value is -0.510. The van der Waals surface area contributed by atoms with E-state index in [1.807, 2.05) is 0 Å². The van der Waals surface area contributed by atoms with E-state index in [4.69, 9.17) is 0 Å². The molecule has 2 atom stereocenters. The molecular weight excluding hydrogens is 170 g/mol. The molecule has 1 heteroatoms. The second-order valence-electron chi connectivity index (χ2n) is 6.30. The Balaban J connectivity index is 2.52. The zero-order valence-corrected chi connectivity index (χ0v) is 10.1. The lowest BCUT2D eigenvalue weighted by Gasteiger charge is -2.26. The summed E-state index contributed by atoms with van der Waals surface area (Å²) in [4.78, 5) is 0. The maximum atomic E-state index is 9.28. The Kier molecular flexibility index (Phi) is 3.24. The standard InChI is InChI=1S/C13H23N/c1-11-5-6-13(9-11,10-14)8-7-12(2,3)4/h11H,5-9H2,1-4H3. The smallest absolute Gasteiger partial charge is 0.0689 e. The number of nitrogens with zero attached hydrogens (tertiary/aromatic N) is 1. The molecule has 2 unspecified atom stereocenters. The van der Waals surface area contributed by atoms with E-state index >= 15 is 0 Å². The molecule has 0 aliphatic heterocycles. The van der Waals surface area contributed by atoms with Crippen molar-refractivity contribution >= 4 is 0 Å². The third kappa shape index (κ3) is 3.01. The third-order valence-electron chi connectivity index (χ3n) is 3.45. The summed E-state index contributed by atoms with van der Waals surface area (Å²) >= 11 is 0. The van der Waals surface area contributed by atoms with E-state index in [1.54, 1.807) is 0 Å². The average molecular weight is 193 g/mol. The van der Waals surface area contributed by atoms with Gasteiger partial charge in [-0.2, -0.15) is 5.26 Å². The van der Waals surface area contributed by atoms with Crippen molar-refractivity contribution in [2.75, 3.05) is 0 Å². The van der Waals surface area contributed by atoms with Crippen LogP contribution in [0.15, 0.2) is 0 Å². The lowest BCUT2D eigenvalue weighted by molar-refractivity contribution is 0.272. The number of hydrogen-bond acceptors (Lipinski definition) is 1. The van der Waals surface area contributed by atoms with Gasteiger partial charge in [-0.1, -0.05) is 27.7 Å². The van der Waals surface area contributed by atoms with Gasteiger partial charge in [0.25, 0.3) is 0 Å². The summed E-state index contributed by atoms with van der Waals surface area (Å²) in [6.45, 7) is 9.06. The fourth-order valence-electron chi connectivity index (χ4n) is 2.39. The SMILES string of the molecule is CC1CCC(C#N)(CCC(C)(C)C)C1. The Morgan fingerprint density at radius 2 is 2.07 bits per heavy atom. The van der Waals surface area contributed by atoms with E-state index < -0.39 is 0 Å². The number of nitriles is 1. The molecule has 14 heavy (non-hydrogen) atoms. The number of hydrogen-bond donors (Lipinski definition) is 0. The second-order valence-corrected chi connectivity index (χ2v) is 6.30. The number of rotatable bonds is 2. The van der Waals surface area contributed by atoms with E-state index in [1.165, 1.54) is 12.8 Å². The quantitative estimate of drug-likeness (QED) is 0.646. The highest BCUT2D eigenvalue weighted by atomic mass is 14.4. The molecule has 0 N–H and O–H groups in total. The molecule has 0 saturated heterocycles. The maximum absolute atomic E-state index is 9.28. The van der Waals surface area contributed by atoms with Crippen molar-refractivity contribution in [2.24, 2.45) is 16.7 Å². The van der Waals surface area contributed by atoms with Crippen LogP contribution < -0.4 is 0 Å². The van der Waals surface area contributed by atoms with Crippen molar-refractivity contribution in [1.82, 2.24) is 0 Å². The van der Waals surface area contributed by atoms with Crippen molar-refractivity contribution in [3.8, 4) is 6.07 Å². The zero-order valence-electron chi connectivity index (χ0n) is 10.1. The first-order chi connectivity index (χ1) is 6.37. The molecule has 0 amide bonds. The summed E-state index contributed by atoms with van der Waals surface area (Å²) in [7, 11) is 0. The topological polar surface area (TPSA) is 23.8 Å². The van der Waals surface area contributed by atoms with Gasteiger partial charge in [0.15, 0.2) is 0 Å². The maximum Gasteiger partial charge on any atom is 0.0689 e. The minimum absolute atomic E-state index is 0.0205. The lowest BCUT2D eigenvalue weighted by Crippen LogP contribution is -2.18. The van der Waals surface area contributed by atoms with Crippen LogP contribution >= 0.6 is 0 Å². The molecule has 0 spiro atoms. The van der Waals surface area contributed by atoms with Gasteiger partial charge in [0, 0.05) is 0 Å². The van der Waals surface area contributed by atoms with E-state index in [2.05, 4.69) is 33.8 Å². The normalized spacial score (nSPS) is 32.9. The predicted molar refractivity (Wildman–Crippen MR) is 59.8 cm³/mol. The van der Waals surface area contributed by atoms with Gasteiger partial charge in [0.1, 0.15) is 0 Å². The highest BCUT2D eigenvalue weighted by Gasteiger charge is 2.37. The minimum Gasteiger partial charge on any atom is -0.198 e. The summed E-state index contributed by atoms with van der Waals surface area (Å²) in [5, 5.41) is 9.28. The predicted octanol–water partition coefficient (Wildman–Crippen LogP) is 4.14. The summed E-state index contributed by atoms with van der Waals surface area (Å²) in [5.74, 6) is 0.759. The molecule has 80 valence electrons. The van der Waals surface area contributed by atoms with Crippen LogP contribution in [0.2, 0.25) is 0 Å². The Morgan fingerprint density at radius 1 is 1.43 bits per heavy atom. The van der Waals surface area contributed by atoms with Gasteiger partial charge in [0.05, 0.1) is 11.5 Å². The van der Waals surface area contributed by atoms with E-state index in [0.29, 0.717) is 5.41 Å². The fourth-order valence-corrected chi connectivity index (χ4v) is 2.39. The molecule has 1 aliphatic carbocycles. The van der Waals surface area contributed by atoms with Crippen LogP contribution in [0.1, 0.15) is 59.8 Å². The minimum atomic E-state index is 0.0205. The Labute approximate surface area is 88.5 Å². The molecule has 1 saturated carbocycles. The highest BCUT2D eigenvalue weighted by molar-refractivity contribution is 5.03. The van der Waals surface area contributed by atoms with Gasteiger partial charge in [-0.25, -0.2) is 0 Å². The van der Waals surface area contributed by atoms with Crippen molar-refractivity contribution in [3.05, 3.63) is 0 Å².